The number of amides is 1. The minimum Gasteiger partial charge on any atom is -0.495 e. The van der Waals surface area contributed by atoms with Gasteiger partial charge in [-0.15, -0.1) is 0 Å². The summed E-state index contributed by atoms with van der Waals surface area (Å²) < 4.78 is 34.2. The topological polar surface area (TPSA) is 47.6 Å². The summed E-state index contributed by atoms with van der Waals surface area (Å²) in [5.74, 6) is 0.00321. The lowest BCUT2D eigenvalue weighted by molar-refractivity contribution is -0.0498. The number of hydrogen-bond acceptors (Lipinski definition) is 3. The Balaban J connectivity index is 2.28. The smallest absolute Gasteiger partial charge is 0.387 e. The van der Waals surface area contributed by atoms with Gasteiger partial charge in [0.05, 0.1) is 12.8 Å². The molecule has 6 heteroatoms. The van der Waals surface area contributed by atoms with Crippen molar-refractivity contribution in [2.75, 3.05) is 12.4 Å². The number of anilines is 1. The maximum atomic E-state index is 12.5. The van der Waals surface area contributed by atoms with Gasteiger partial charge in [-0.25, -0.2) is 0 Å². The molecule has 0 unspecified atom stereocenters. The van der Waals surface area contributed by atoms with Crippen molar-refractivity contribution in [3.05, 3.63) is 53.6 Å². The fraction of sp³-hybridized carbons (Fsp3) is 0.316. The quantitative estimate of drug-likeness (QED) is 0.840. The third-order valence-corrected chi connectivity index (χ3v) is 3.64. The van der Waals surface area contributed by atoms with Crippen molar-refractivity contribution in [1.82, 2.24) is 0 Å². The molecular weight excluding hydrogens is 328 g/mol. The second-order valence-corrected chi connectivity index (χ2v) is 6.53. The number of carbonyl (C=O) groups is 1. The Morgan fingerprint density at radius 1 is 1.12 bits per heavy atom. The van der Waals surface area contributed by atoms with Crippen molar-refractivity contribution in [2.24, 2.45) is 0 Å². The minimum atomic E-state index is -2.94. The Kier molecular flexibility index (Phi) is 5.62. The number of halogens is 2. The average Bonchev–Trinajstić information content (AvgIpc) is 2.53. The van der Waals surface area contributed by atoms with E-state index in [1.54, 1.807) is 6.07 Å². The van der Waals surface area contributed by atoms with E-state index >= 15 is 0 Å². The fourth-order valence-corrected chi connectivity index (χ4v) is 2.28. The zero-order valence-corrected chi connectivity index (χ0v) is 14.6. The van der Waals surface area contributed by atoms with Crippen LogP contribution in [-0.4, -0.2) is 19.6 Å². The van der Waals surface area contributed by atoms with Crippen molar-refractivity contribution in [3.8, 4) is 11.5 Å². The first kappa shape index (κ1) is 18.7. The molecule has 0 saturated carbocycles. The number of methoxy groups -OCH3 is 1. The molecule has 0 aliphatic carbocycles. The minimum absolute atomic E-state index is 0.0712. The van der Waals surface area contributed by atoms with E-state index < -0.39 is 12.5 Å². The molecule has 1 amide bonds. The Bertz CT molecular complexity index is 755. The molecule has 2 aromatic rings. The molecule has 0 fully saturated rings. The second kappa shape index (κ2) is 7.51. The van der Waals surface area contributed by atoms with Gasteiger partial charge in [-0.1, -0.05) is 32.9 Å². The normalized spacial score (nSPS) is 11.3. The first-order chi connectivity index (χ1) is 11.7. The molecule has 25 heavy (non-hydrogen) atoms. The standard InChI is InChI=1S/C19H21F2NO3/c1-19(2,3)13-8-9-16(24-4)15(11-13)22-17(23)12-6-5-7-14(10-12)25-18(20)21/h5-11,18H,1-4H3,(H,22,23). The van der Waals surface area contributed by atoms with Crippen LogP contribution in [0.1, 0.15) is 36.7 Å². The predicted octanol–water partition coefficient (Wildman–Crippen LogP) is 4.85. The highest BCUT2D eigenvalue weighted by molar-refractivity contribution is 6.05. The summed E-state index contributed by atoms with van der Waals surface area (Å²) in [6.07, 6.45) is 0. The van der Waals surface area contributed by atoms with E-state index in [-0.39, 0.29) is 16.7 Å². The zero-order chi connectivity index (χ0) is 18.6. The predicted molar refractivity (Wildman–Crippen MR) is 92.7 cm³/mol. The summed E-state index contributed by atoms with van der Waals surface area (Å²) in [5, 5.41) is 2.76. The number of nitrogens with one attached hydrogen (secondary N) is 1. The third-order valence-electron chi connectivity index (χ3n) is 3.64. The molecule has 2 rings (SSSR count). The number of benzene rings is 2. The lowest BCUT2D eigenvalue weighted by Gasteiger charge is -2.21. The molecule has 0 spiro atoms. The number of ether oxygens (including phenoxy) is 2. The van der Waals surface area contributed by atoms with Gasteiger partial charge in [0.1, 0.15) is 11.5 Å². The van der Waals surface area contributed by atoms with Crippen LogP contribution >= 0.6 is 0 Å². The van der Waals surface area contributed by atoms with Gasteiger partial charge in [-0.3, -0.25) is 4.79 Å². The van der Waals surface area contributed by atoms with E-state index in [0.29, 0.717) is 11.4 Å². The molecule has 0 aromatic heterocycles. The van der Waals surface area contributed by atoms with Gasteiger partial charge >= 0.3 is 6.61 Å². The molecule has 0 heterocycles. The van der Waals surface area contributed by atoms with Crippen molar-refractivity contribution in [1.29, 1.82) is 0 Å². The second-order valence-electron chi connectivity index (χ2n) is 6.53. The van der Waals surface area contributed by atoms with Crippen LogP contribution in [0.4, 0.5) is 14.5 Å². The van der Waals surface area contributed by atoms with Crippen molar-refractivity contribution in [2.45, 2.75) is 32.8 Å². The van der Waals surface area contributed by atoms with Gasteiger partial charge in [-0.2, -0.15) is 8.78 Å². The molecular formula is C19H21F2NO3. The third kappa shape index (κ3) is 4.92. The lowest BCUT2D eigenvalue weighted by Crippen LogP contribution is -2.15. The van der Waals surface area contributed by atoms with Crippen LogP contribution in [0.25, 0.3) is 0 Å². The highest BCUT2D eigenvalue weighted by atomic mass is 19.3. The maximum absolute atomic E-state index is 12.5. The monoisotopic (exact) mass is 349 g/mol. The van der Waals surface area contributed by atoms with Gasteiger partial charge in [0, 0.05) is 5.56 Å². The summed E-state index contributed by atoms with van der Waals surface area (Å²) in [6.45, 7) is 3.24. The first-order valence-corrected chi connectivity index (χ1v) is 7.75. The van der Waals surface area contributed by atoms with E-state index in [0.717, 1.165) is 5.56 Å². The highest BCUT2D eigenvalue weighted by Crippen LogP contribution is 2.31. The van der Waals surface area contributed by atoms with Crippen LogP contribution in [0.5, 0.6) is 11.5 Å². The van der Waals surface area contributed by atoms with Gasteiger partial charge < -0.3 is 14.8 Å². The van der Waals surface area contributed by atoms with E-state index in [9.17, 15) is 13.6 Å². The van der Waals surface area contributed by atoms with Crippen molar-refractivity contribution in [3.63, 3.8) is 0 Å². The van der Waals surface area contributed by atoms with Gasteiger partial charge in [0.15, 0.2) is 0 Å². The maximum Gasteiger partial charge on any atom is 0.387 e. The zero-order valence-electron chi connectivity index (χ0n) is 14.6. The number of hydrogen-bond donors (Lipinski definition) is 1. The molecule has 0 aliphatic rings. The van der Waals surface area contributed by atoms with E-state index in [2.05, 4.69) is 30.8 Å². The van der Waals surface area contributed by atoms with E-state index in [4.69, 9.17) is 4.74 Å². The van der Waals surface area contributed by atoms with Crippen LogP contribution in [0.3, 0.4) is 0 Å². The summed E-state index contributed by atoms with van der Waals surface area (Å²) in [6, 6.07) is 11.2. The van der Waals surface area contributed by atoms with Crippen LogP contribution in [0.15, 0.2) is 42.5 Å². The summed E-state index contributed by atoms with van der Waals surface area (Å²) in [4.78, 5) is 12.5. The van der Waals surface area contributed by atoms with Crippen LogP contribution < -0.4 is 14.8 Å². The van der Waals surface area contributed by atoms with E-state index in [1.165, 1.54) is 31.4 Å². The molecule has 0 atom stereocenters. The van der Waals surface area contributed by atoms with Crippen molar-refractivity contribution >= 4 is 11.6 Å². The van der Waals surface area contributed by atoms with Gasteiger partial charge in [-0.05, 0) is 41.3 Å². The van der Waals surface area contributed by atoms with Crippen LogP contribution in [0, 0.1) is 0 Å². The number of carbonyl (C=O) groups excluding carboxylic acids is 1. The average molecular weight is 349 g/mol. The Hall–Kier alpha value is -2.63. The number of alkyl halides is 2. The lowest BCUT2D eigenvalue weighted by atomic mass is 9.87. The molecule has 2 aromatic carbocycles. The van der Waals surface area contributed by atoms with Gasteiger partial charge in [0.2, 0.25) is 0 Å². The molecule has 0 saturated heterocycles. The Labute approximate surface area is 145 Å². The molecule has 0 bridgehead atoms. The molecule has 1 N–H and O–H groups in total. The summed E-state index contributed by atoms with van der Waals surface area (Å²) >= 11 is 0. The largest absolute Gasteiger partial charge is 0.495 e. The highest BCUT2D eigenvalue weighted by Gasteiger charge is 2.18. The number of rotatable bonds is 5. The molecule has 4 nitrogen and oxygen atoms in total. The SMILES string of the molecule is COc1ccc(C(C)(C)C)cc1NC(=O)c1cccc(OC(F)F)c1. The van der Waals surface area contributed by atoms with Crippen LogP contribution in [0.2, 0.25) is 0 Å². The Morgan fingerprint density at radius 2 is 1.84 bits per heavy atom. The van der Waals surface area contributed by atoms with Crippen LogP contribution in [-0.2, 0) is 5.41 Å². The van der Waals surface area contributed by atoms with Crippen molar-refractivity contribution < 1.29 is 23.0 Å². The molecule has 134 valence electrons. The summed E-state index contributed by atoms with van der Waals surface area (Å²) in [7, 11) is 1.51. The van der Waals surface area contributed by atoms with E-state index in [1.807, 2.05) is 12.1 Å². The molecule has 0 aliphatic heterocycles. The van der Waals surface area contributed by atoms with Gasteiger partial charge in [0.25, 0.3) is 5.91 Å². The fourth-order valence-electron chi connectivity index (χ4n) is 2.28. The first-order valence-electron chi connectivity index (χ1n) is 7.75. The summed E-state index contributed by atoms with van der Waals surface area (Å²) in [5.41, 5.74) is 1.65. The Morgan fingerprint density at radius 3 is 2.44 bits per heavy atom. The molecule has 0 radical (unpaired) electrons.